The summed E-state index contributed by atoms with van der Waals surface area (Å²) in [7, 11) is 0. The molecule has 0 bridgehead atoms. The number of hydrogen-bond acceptors (Lipinski definition) is 6. The number of benzene rings is 1. The number of carbonyl (C=O) groups excluding carboxylic acids is 2. The van der Waals surface area contributed by atoms with Gasteiger partial charge in [0.15, 0.2) is 16.5 Å². The van der Waals surface area contributed by atoms with Crippen LogP contribution >= 0.6 is 11.3 Å². The first-order chi connectivity index (χ1) is 13.1. The second-order valence-corrected chi connectivity index (χ2v) is 7.31. The summed E-state index contributed by atoms with van der Waals surface area (Å²) < 4.78 is 12.0. The quantitative estimate of drug-likeness (QED) is 0.746. The second kappa shape index (κ2) is 7.50. The van der Waals surface area contributed by atoms with Crippen molar-refractivity contribution in [2.75, 3.05) is 26.3 Å². The van der Waals surface area contributed by atoms with Gasteiger partial charge in [-0.1, -0.05) is 12.1 Å². The fourth-order valence-electron chi connectivity index (χ4n) is 2.94. The molecule has 0 aliphatic carbocycles. The van der Waals surface area contributed by atoms with Crippen molar-refractivity contribution in [1.29, 1.82) is 0 Å². The molecule has 0 radical (unpaired) electrons. The van der Waals surface area contributed by atoms with Crippen molar-refractivity contribution in [3.05, 3.63) is 42.2 Å². The second-order valence-electron chi connectivity index (χ2n) is 6.28. The summed E-state index contributed by atoms with van der Waals surface area (Å²) in [5.41, 5.74) is 0.893. The monoisotopic (exact) mass is 385 g/mol. The summed E-state index contributed by atoms with van der Waals surface area (Å²) in [6.07, 6.45) is 0. The number of morpholine rings is 1. The van der Waals surface area contributed by atoms with Gasteiger partial charge in [-0.15, -0.1) is 11.3 Å². The van der Waals surface area contributed by atoms with Crippen LogP contribution in [0.1, 0.15) is 17.5 Å². The predicted molar refractivity (Wildman–Crippen MR) is 102 cm³/mol. The Labute approximate surface area is 159 Å². The van der Waals surface area contributed by atoms with E-state index >= 15 is 0 Å². The van der Waals surface area contributed by atoms with Gasteiger partial charge < -0.3 is 19.4 Å². The normalized spacial score (nSPS) is 15.7. The largest absolute Gasteiger partial charge is 0.448 e. The fraction of sp³-hybridized carbons (Fsp3) is 0.316. The van der Waals surface area contributed by atoms with E-state index in [0.29, 0.717) is 37.1 Å². The van der Waals surface area contributed by atoms with Crippen LogP contribution in [-0.4, -0.2) is 54.0 Å². The van der Waals surface area contributed by atoms with Gasteiger partial charge in [0, 0.05) is 13.1 Å². The summed E-state index contributed by atoms with van der Waals surface area (Å²) in [5, 5.41) is 3.42. The lowest BCUT2D eigenvalue weighted by Gasteiger charge is -2.29. The molecule has 1 atom stereocenters. The van der Waals surface area contributed by atoms with Gasteiger partial charge in [0.05, 0.1) is 23.4 Å². The van der Waals surface area contributed by atoms with Crippen molar-refractivity contribution >= 4 is 33.4 Å². The lowest BCUT2D eigenvalue weighted by molar-refractivity contribution is -0.136. The molecule has 8 heteroatoms. The van der Waals surface area contributed by atoms with Crippen LogP contribution in [-0.2, 0) is 9.53 Å². The average Bonchev–Trinajstić information content (AvgIpc) is 3.34. The highest BCUT2D eigenvalue weighted by molar-refractivity contribution is 7.21. The Morgan fingerprint density at radius 2 is 1.96 bits per heavy atom. The van der Waals surface area contributed by atoms with Crippen LogP contribution in [0, 0.1) is 0 Å². The zero-order chi connectivity index (χ0) is 18.8. The number of carbonyl (C=O) groups is 2. The van der Waals surface area contributed by atoms with E-state index in [0.717, 1.165) is 10.2 Å². The maximum absolute atomic E-state index is 12.4. The van der Waals surface area contributed by atoms with Gasteiger partial charge in [-0.3, -0.25) is 9.59 Å². The maximum Gasteiger partial charge on any atom is 0.287 e. The third kappa shape index (κ3) is 3.72. The highest BCUT2D eigenvalue weighted by Gasteiger charge is 2.25. The Kier molecular flexibility index (Phi) is 4.91. The molecule has 1 aliphatic heterocycles. The molecule has 2 amide bonds. The molecule has 0 saturated carbocycles. The molecule has 140 valence electrons. The molecule has 1 aliphatic rings. The molecule has 1 aromatic carbocycles. The Balaban J connectivity index is 1.44. The minimum Gasteiger partial charge on any atom is -0.448 e. The summed E-state index contributed by atoms with van der Waals surface area (Å²) in [5.74, 6) is 0.153. The fourth-order valence-corrected chi connectivity index (χ4v) is 3.87. The molecule has 4 rings (SSSR count). The van der Waals surface area contributed by atoms with Crippen LogP contribution < -0.4 is 5.32 Å². The molecule has 0 spiro atoms. The smallest absolute Gasteiger partial charge is 0.287 e. The molecule has 3 aromatic rings. The first kappa shape index (κ1) is 17.7. The van der Waals surface area contributed by atoms with Gasteiger partial charge in [-0.25, -0.2) is 4.98 Å². The number of fused-ring (bicyclic) bond motifs is 1. The van der Waals surface area contributed by atoms with Gasteiger partial charge in [0.2, 0.25) is 5.91 Å². The van der Waals surface area contributed by atoms with E-state index in [9.17, 15) is 9.59 Å². The first-order valence-electron chi connectivity index (χ1n) is 8.75. The van der Waals surface area contributed by atoms with Gasteiger partial charge in [-0.2, -0.15) is 0 Å². The van der Waals surface area contributed by atoms with Crippen LogP contribution in [0.2, 0.25) is 0 Å². The number of rotatable bonds is 4. The number of para-hydroxylation sites is 1. The number of ether oxygens (including phenoxy) is 1. The van der Waals surface area contributed by atoms with Crippen LogP contribution in [0.15, 0.2) is 40.8 Å². The van der Waals surface area contributed by atoms with Crippen LogP contribution in [0.5, 0.6) is 0 Å². The van der Waals surface area contributed by atoms with Crippen molar-refractivity contribution in [2.45, 2.75) is 13.0 Å². The number of nitrogens with one attached hydrogen (secondary N) is 1. The zero-order valence-electron chi connectivity index (χ0n) is 14.8. The van der Waals surface area contributed by atoms with Crippen LogP contribution in [0.4, 0.5) is 0 Å². The molecule has 1 saturated heterocycles. The van der Waals surface area contributed by atoms with E-state index in [1.165, 1.54) is 11.3 Å². The highest BCUT2D eigenvalue weighted by Crippen LogP contribution is 2.31. The topological polar surface area (TPSA) is 84.7 Å². The minimum atomic E-state index is -0.633. The summed E-state index contributed by atoms with van der Waals surface area (Å²) in [4.78, 5) is 31.1. The molecular formula is C19H19N3O4S. The van der Waals surface area contributed by atoms with Crippen molar-refractivity contribution in [3.63, 3.8) is 0 Å². The third-order valence-electron chi connectivity index (χ3n) is 4.38. The number of thiazole rings is 1. The van der Waals surface area contributed by atoms with E-state index in [1.54, 1.807) is 24.0 Å². The number of amides is 2. The van der Waals surface area contributed by atoms with E-state index in [2.05, 4.69) is 10.3 Å². The zero-order valence-corrected chi connectivity index (χ0v) is 15.6. The van der Waals surface area contributed by atoms with Crippen LogP contribution in [0.3, 0.4) is 0 Å². The van der Waals surface area contributed by atoms with Gasteiger partial charge >= 0.3 is 0 Å². The third-order valence-corrected chi connectivity index (χ3v) is 5.43. The van der Waals surface area contributed by atoms with Gasteiger partial charge in [0.25, 0.3) is 5.91 Å². The molecule has 3 heterocycles. The first-order valence-corrected chi connectivity index (χ1v) is 9.56. The van der Waals surface area contributed by atoms with Gasteiger partial charge in [-0.05, 0) is 31.2 Å². The number of nitrogens with zero attached hydrogens (tertiary/aromatic N) is 2. The van der Waals surface area contributed by atoms with Crippen LogP contribution in [0.25, 0.3) is 21.0 Å². The van der Waals surface area contributed by atoms with Crippen molar-refractivity contribution < 1.29 is 18.7 Å². The summed E-state index contributed by atoms with van der Waals surface area (Å²) >= 11 is 1.50. The van der Waals surface area contributed by atoms with Crippen molar-refractivity contribution in [2.24, 2.45) is 0 Å². The highest BCUT2D eigenvalue weighted by atomic mass is 32.1. The molecular weight excluding hydrogens is 366 g/mol. The molecule has 1 N–H and O–H groups in total. The molecule has 1 unspecified atom stereocenters. The van der Waals surface area contributed by atoms with E-state index in [-0.39, 0.29) is 11.7 Å². The Morgan fingerprint density at radius 3 is 2.74 bits per heavy atom. The van der Waals surface area contributed by atoms with Gasteiger partial charge in [0.1, 0.15) is 6.04 Å². The van der Waals surface area contributed by atoms with E-state index < -0.39 is 11.9 Å². The predicted octanol–water partition coefficient (Wildman–Crippen LogP) is 2.53. The molecule has 7 nitrogen and oxygen atoms in total. The molecule has 2 aromatic heterocycles. The van der Waals surface area contributed by atoms with Crippen molar-refractivity contribution in [3.8, 4) is 10.8 Å². The standard InChI is InChI=1S/C19H19N3O4S/c1-12(19(24)22-8-10-25-11-9-22)20-17(23)14-6-7-15(26-14)18-21-13-4-2-3-5-16(13)27-18/h2-7,12H,8-11H2,1H3,(H,20,23). The number of furan rings is 1. The summed E-state index contributed by atoms with van der Waals surface area (Å²) in [6, 6.07) is 10.5. The summed E-state index contributed by atoms with van der Waals surface area (Å²) in [6.45, 7) is 3.81. The maximum atomic E-state index is 12.4. The van der Waals surface area contributed by atoms with Crippen molar-refractivity contribution in [1.82, 2.24) is 15.2 Å². The SMILES string of the molecule is CC(NC(=O)c1ccc(-c2nc3ccccc3s2)o1)C(=O)N1CCOCC1. The minimum absolute atomic E-state index is 0.121. The molecule has 1 fully saturated rings. The Hall–Kier alpha value is -2.71. The van der Waals surface area contributed by atoms with E-state index in [4.69, 9.17) is 9.15 Å². The Bertz CT molecular complexity index is 941. The number of aromatic nitrogens is 1. The molecule has 27 heavy (non-hydrogen) atoms. The average molecular weight is 385 g/mol. The number of hydrogen-bond donors (Lipinski definition) is 1. The lowest BCUT2D eigenvalue weighted by atomic mass is 10.2. The van der Waals surface area contributed by atoms with E-state index in [1.807, 2.05) is 24.3 Å². The lowest BCUT2D eigenvalue weighted by Crippen LogP contribution is -2.50. The Morgan fingerprint density at radius 1 is 1.19 bits per heavy atom.